The topological polar surface area (TPSA) is 18.5 Å². The Morgan fingerprint density at radius 3 is 2.21 bits per heavy atom. The van der Waals surface area contributed by atoms with Gasteiger partial charge < -0.3 is 9.47 Å². The zero-order valence-electron chi connectivity index (χ0n) is 12.9. The van der Waals surface area contributed by atoms with Crippen LogP contribution in [0.25, 0.3) is 0 Å². The third kappa shape index (κ3) is 4.75. The summed E-state index contributed by atoms with van der Waals surface area (Å²) in [5.74, 6) is 1.83. The predicted octanol–water partition coefficient (Wildman–Crippen LogP) is 4.57. The van der Waals surface area contributed by atoms with Gasteiger partial charge in [-0.1, -0.05) is 26.2 Å². The van der Waals surface area contributed by atoms with Crippen molar-refractivity contribution in [1.29, 1.82) is 0 Å². The summed E-state index contributed by atoms with van der Waals surface area (Å²) in [7, 11) is 1.87. The molecular formula is C17H32O2. The fourth-order valence-electron chi connectivity index (χ4n) is 3.95. The van der Waals surface area contributed by atoms with Gasteiger partial charge in [0.1, 0.15) is 0 Å². The molecule has 0 amide bonds. The van der Waals surface area contributed by atoms with Crippen LogP contribution in [0.1, 0.15) is 71.1 Å². The maximum absolute atomic E-state index is 6.10. The number of unbranched alkanes of at least 4 members (excludes halogenated alkanes) is 3. The van der Waals surface area contributed by atoms with Gasteiger partial charge in [-0.05, 0) is 56.8 Å². The summed E-state index contributed by atoms with van der Waals surface area (Å²) in [6.07, 6.45) is 14.2. The maximum Gasteiger partial charge on any atom is 0.0578 e. The molecule has 2 aliphatic rings. The average molecular weight is 268 g/mol. The lowest BCUT2D eigenvalue weighted by molar-refractivity contribution is -0.0410. The van der Waals surface area contributed by atoms with Crippen LogP contribution in [0.5, 0.6) is 0 Å². The molecule has 0 spiro atoms. The van der Waals surface area contributed by atoms with E-state index in [1.165, 1.54) is 64.2 Å². The number of fused-ring (bicyclic) bond motifs is 1. The average Bonchev–Trinajstić information content (AvgIpc) is 2.46. The quantitative estimate of drug-likeness (QED) is 0.630. The first-order valence-corrected chi connectivity index (χ1v) is 8.47. The molecule has 19 heavy (non-hydrogen) atoms. The highest BCUT2D eigenvalue weighted by Crippen LogP contribution is 2.42. The monoisotopic (exact) mass is 268 g/mol. The molecule has 0 bridgehead atoms. The van der Waals surface area contributed by atoms with Crippen molar-refractivity contribution in [3.05, 3.63) is 0 Å². The van der Waals surface area contributed by atoms with Crippen LogP contribution in [0.15, 0.2) is 0 Å². The molecular weight excluding hydrogens is 236 g/mol. The molecule has 2 nitrogen and oxygen atoms in total. The van der Waals surface area contributed by atoms with Gasteiger partial charge in [-0.15, -0.1) is 0 Å². The van der Waals surface area contributed by atoms with Crippen LogP contribution < -0.4 is 0 Å². The van der Waals surface area contributed by atoms with Crippen molar-refractivity contribution in [1.82, 2.24) is 0 Å². The molecule has 2 fully saturated rings. The third-order valence-electron chi connectivity index (χ3n) is 5.20. The lowest BCUT2D eigenvalue weighted by Crippen LogP contribution is -2.36. The Labute approximate surface area is 119 Å². The minimum atomic E-state index is 0.535. The second kappa shape index (κ2) is 8.26. The van der Waals surface area contributed by atoms with Gasteiger partial charge in [-0.2, -0.15) is 0 Å². The fourth-order valence-corrected chi connectivity index (χ4v) is 3.95. The van der Waals surface area contributed by atoms with Crippen LogP contribution in [0.4, 0.5) is 0 Å². The Kier molecular flexibility index (Phi) is 6.66. The Morgan fingerprint density at radius 1 is 0.842 bits per heavy atom. The van der Waals surface area contributed by atoms with Crippen LogP contribution in [0, 0.1) is 11.8 Å². The highest BCUT2D eigenvalue weighted by Gasteiger charge is 2.35. The molecule has 2 rings (SSSR count). The van der Waals surface area contributed by atoms with Crippen LogP contribution >= 0.6 is 0 Å². The van der Waals surface area contributed by atoms with Gasteiger partial charge in [0.15, 0.2) is 0 Å². The highest BCUT2D eigenvalue weighted by atomic mass is 16.5. The van der Waals surface area contributed by atoms with Gasteiger partial charge >= 0.3 is 0 Å². The summed E-state index contributed by atoms with van der Waals surface area (Å²) in [4.78, 5) is 0. The van der Waals surface area contributed by atoms with E-state index in [1.54, 1.807) is 0 Å². The van der Waals surface area contributed by atoms with Crippen LogP contribution in [0.2, 0.25) is 0 Å². The van der Waals surface area contributed by atoms with Gasteiger partial charge in [0.2, 0.25) is 0 Å². The van der Waals surface area contributed by atoms with E-state index in [9.17, 15) is 0 Å². The summed E-state index contributed by atoms with van der Waals surface area (Å²) < 4.78 is 11.6. The molecule has 0 heterocycles. The van der Waals surface area contributed by atoms with Crippen LogP contribution in [0.3, 0.4) is 0 Å². The van der Waals surface area contributed by atoms with Crippen molar-refractivity contribution in [2.75, 3.05) is 13.7 Å². The second-order valence-electron chi connectivity index (χ2n) is 6.56. The fraction of sp³-hybridized carbons (Fsp3) is 1.00. The lowest BCUT2D eigenvalue weighted by Gasteiger charge is -2.41. The smallest absolute Gasteiger partial charge is 0.0578 e. The molecule has 0 saturated heterocycles. The van der Waals surface area contributed by atoms with E-state index in [2.05, 4.69) is 6.92 Å². The molecule has 2 saturated carbocycles. The first-order chi connectivity index (χ1) is 9.33. The summed E-state index contributed by atoms with van der Waals surface area (Å²) in [5.41, 5.74) is 0. The Balaban J connectivity index is 1.63. The third-order valence-corrected chi connectivity index (χ3v) is 5.20. The number of rotatable bonds is 7. The van der Waals surface area contributed by atoms with Gasteiger partial charge in [-0.25, -0.2) is 0 Å². The standard InChI is InChI=1S/C17H32O2/c1-3-4-5-6-11-19-17-10-8-14-12-16(18-2)9-7-15(14)13-17/h14-17H,3-13H2,1-2H3. The van der Waals surface area contributed by atoms with Crippen molar-refractivity contribution in [3.63, 3.8) is 0 Å². The van der Waals surface area contributed by atoms with E-state index < -0.39 is 0 Å². The number of hydrogen-bond donors (Lipinski definition) is 0. The van der Waals surface area contributed by atoms with Crippen LogP contribution in [-0.2, 0) is 9.47 Å². The van der Waals surface area contributed by atoms with E-state index >= 15 is 0 Å². The van der Waals surface area contributed by atoms with Gasteiger partial charge in [0.25, 0.3) is 0 Å². The molecule has 2 heteroatoms. The first kappa shape index (κ1) is 15.3. The van der Waals surface area contributed by atoms with Gasteiger partial charge in [0.05, 0.1) is 12.2 Å². The van der Waals surface area contributed by atoms with E-state index in [0.29, 0.717) is 12.2 Å². The van der Waals surface area contributed by atoms with Gasteiger partial charge in [0, 0.05) is 13.7 Å². The van der Waals surface area contributed by atoms with Crippen LogP contribution in [-0.4, -0.2) is 25.9 Å². The van der Waals surface area contributed by atoms with Crippen molar-refractivity contribution in [3.8, 4) is 0 Å². The molecule has 0 aromatic carbocycles. The molecule has 4 unspecified atom stereocenters. The van der Waals surface area contributed by atoms with Crippen molar-refractivity contribution < 1.29 is 9.47 Å². The molecule has 2 aliphatic carbocycles. The minimum Gasteiger partial charge on any atom is -0.381 e. The lowest BCUT2D eigenvalue weighted by atomic mass is 9.69. The van der Waals surface area contributed by atoms with E-state index in [1.807, 2.05) is 7.11 Å². The number of ether oxygens (including phenoxy) is 2. The van der Waals surface area contributed by atoms with Crippen molar-refractivity contribution in [2.24, 2.45) is 11.8 Å². The summed E-state index contributed by atoms with van der Waals surface area (Å²) in [5, 5.41) is 0. The highest BCUT2D eigenvalue weighted by molar-refractivity contribution is 4.86. The Bertz CT molecular complexity index is 239. The van der Waals surface area contributed by atoms with Crippen molar-refractivity contribution in [2.45, 2.75) is 83.3 Å². The second-order valence-corrected chi connectivity index (χ2v) is 6.56. The summed E-state index contributed by atoms with van der Waals surface area (Å²) in [6.45, 7) is 3.25. The molecule has 0 aromatic rings. The molecule has 0 aromatic heterocycles. The molecule has 4 atom stereocenters. The normalized spacial score (nSPS) is 35.1. The number of methoxy groups -OCH3 is 1. The van der Waals surface area contributed by atoms with Gasteiger partial charge in [-0.3, -0.25) is 0 Å². The zero-order valence-corrected chi connectivity index (χ0v) is 12.9. The van der Waals surface area contributed by atoms with E-state index in [-0.39, 0.29) is 0 Å². The SMILES string of the molecule is CCCCCCOC1CCC2CC(OC)CCC2C1. The Hall–Kier alpha value is -0.0800. The largest absolute Gasteiger partial charge is 0.381 e. The molecule has 0 radical (unpaired) electrons. The van der Waals surface area contributed by atoms with E-state index in [0.717, 1.165) is 18.4 Å². The predicted molar refractivity (Wildman–Crippen MR) is 79.4 cm³/mol. The van der Waals surface area contributed by atoms with Crippen molar-refractivity contribution >= 4 is 0 Å². The summed E-state index contributed by atoms with van der Waals surface area (Å²) in [6, 6.07) is 0. The summed E-state index contributed by atoms with van der Waals surface area (Å²) >= 11 is 0. The Morgan fingerprint density at radius 2 is 1.53 bits per heavy atom. The maximum atomic E-state index is 6.10. The molecule has 0 aliphatic heterocycles. The molecule has 0 N–H and O–H groups in total. The molecule has 112 valence electrons. The van der Waals surface area contributed by atoms with E-state index in [4.69, 9.17) is 9.47 Å². The minimum absolute atomic E-state index is 0.535. The number of hydrogen-bond acceptors (Lipinski definition) is 2. The first-order valence-electron chi connectivity index (χ1n) is 8.47. The zero-order chi connectivity index (χ0) is 13.5.